The smallest absolute Gasteiger partial charge is 0.419 e. The molecule has 3 rings (SSSR count). The number of aliphatic hydroxyl groups is 1. The summed E-state index contributed by atoms with van der Waals surface area (Å²) >= 11 is 2.22. The van der Waals surface area contributed by atoms with Crippen molar-refractivity contribution in [3.63, 3.8) is 0 Å². The van der Waals surface area contributed by atoms with Gasteiger partial charge in [0, 0.05) is 12.0 Å². The number of nitrogens with zero attached hydrogens (tertiary/aromatic N) is 2. The lowest BCUT2D eigenvalue weighted by Crippen LogP contribution is -2.36. The zero-order chi connectivity index (χ0) is 23.9. The first-order valence-electron chi connectivity index (χ1n) is 10.0. The summed E-state index contributed by atoms with van der Waals surface area (Å²) in [6.07, 6.45) is -2.46. The Morgan fingerprint density at radius 3 is 2.52 bits per heavy atom. The number of thioether (sulfide) groups is 1. The quantitative estimate of drug-likeness (QED) is 0.293. The van der Waals surface area contributed by atoms with Crippen LogP contribution in [0.1, 0.15) is 22.6 Å². The number of benzene rings is 2. The van der Waals surface area contributed by atoms with Gasteiger partial charge >= 0.3 is 6.18 Å². The molecule has 3 N–H and O–H groups in total. The fourth-order valence-corrected chi connectivity index (χ4v) is 4.40. The van der Waals surface area contributed by atoms with Crippen molar-refractivity contribution in [3.8, 4) is 16.3 Å². The molecule has 0 aliphatic heterocycles. The van der Waals surface area contributed by atoms with Crippen LogP contribution in [0.25, 0.3) is 10.6 Å². The first kappa shape index (κ1) is 25.4. The van der Waals surface area contributed by atoms with Crippen LogP contribution in [0.4, 0.5) is 13.2 Å². The topological polar surface area (TPSA) is 90.5 Å². The van der Waals surface area contributed by atoms with E-state index in [1.165, 1.54) is 23.9 Å². The van der Waals surface area contributed by atoms with Gasteiger partial charge in [-0.3, -0.25) is 0 Å². The summed E-state index contributed by atoms with van der Waals surface area (Å²) in [4.78, 5) is -1.16. The average molecular weight is 500 g/mol. The first-order valence-corrected chi connectivity index (χ1v) is 12.1. The van der Waals surface area contributed by atoms with Crippen LogP contribution in [-0.4, -0.2) is 41.4 Å². The van der Waals surface area contributed by atoms with Crippen LogP contribution in [0.2, 0.25) is 0 Å². The molecular formula is C22H24F3N3O3S2. The molecule has 0 fully saturated rings. The summed E-state index contributed by atoms with van der Waals surface area (Å²) in [6.45, 7) is 0.506. The van der Waals surface area contributed by atoms with E-state index in [9.17, 15) is 18.3 Å². The molecule has 1 aromatic heterocycles. The monoisotopic (exact) mass is 499 g/mol. The van der Waals surface area contributed by atoms with Crippen molar-refractivity contribution in [1.29, 1.82) is 0 Å². The minimum Gasteiger partial charge on any atom is -0.493 e. The van der Waals surface area contributed by atoms with Crippen LogP contribution >= 0.6 is 23.1 Å². The second-order valence-electron chi connectivity index (χ2n) is 7.11. The fourth-order valence-electron chi connectivity index (χ4n) is 2.85. The highest BCUT2D eigenvalue weighted by Crippen LogP contribution is 2.40. The van der Waals surface area contributed by atoms with Crippen molar-refractivity contribution in [2.45, 2.75) is 24.1 Å². The van der Waals surface area contributed by atoms with Crippen LogP contribution in [0, 0.1) is 0 Å². The van der Waals surface area contributed by atoms with Gasteiger partial charge in [0.15, 0.2) is 0 Å². The second-order valence-corrected chi connectivity index (χ2v) is 9.23. The molecule has 0 aliphatic carbocycles. The molecule has 0 spiro atoms. The van der Waals surface area contributed by atoms with Gasteiger partial charge in [0.05, 0.1) is 32.0 Å². The van der Waals surface area contributed by atoms with Gasteiger partial charge in [0.1, 0.15) is 20.6 Å². The molecule has 33 heavy (non-hydrogen) atoms. The van der Waals surface area contributed by atoms with E-state index in [0.29, 0.717) is 24.6 Å². The van der Waals surface area contributed by atoms with E-state index >= 15 is 0 Å². The summed E-state index contributed by atoms with van der Waals surface area (Å²) in [6, 6.07) is 13.4. The van der Waals surface area contributed by atoms with Crippen LogP contribution in [0.15, 0.2) is 48.5 Å². The van der Waals surface area contributed by atoms with Crippen LogP contribution in [-0.2, 0) is 22.4 Å². The van der Waals surface area contributed by atoms with Crippen molar-refractivity contribution in [1.82, 2.24) is 10.2 Å². The van der Waals surface area contributed by atoms with Crippen molar-refractivity contribution in [2.24, 2.45) is 5.73 Å². The molecule has 1 heterocycles. The number of rotatable bonds is 11. The highest BCUT2D eigenvalue weighted by molar-refractivity contribution is 7.99. The van der Waals surface area contributed by atoms with Crippen LogP contribution in [0.3, 0.4) is 0 Å². The summed E-state index contributed by atoms with van der Waals surface area (Å²) in [5.74, 6) is -0.258. The Balaban J connectivity index is 1.64. The lowest BCUT2D eigenvalue weighted by atomic mass is 10.1. The molecule has 0 amide bonds. The molecular weight excluding hydrogens is 475 g/mol. The Hall–Kier alpha value is -2.18. The normalized spacial score (nSPS) is 13.6. The predicted molar refractivity (Wildman–Crippen MR) is 123 cm³/mol. The largest absolute Gasteiger partial charge is 0.493 e. The zero-order valence-corrected chi connectivity index (χ0v) is 19.5. The van der Waals surface area contributed by atoms with E-state index in [-0.39, 0.29) is 29.5 Å². The predicted octanol–water partition coefficient (Wildman–Crippen LogP) is 4.68. The molecule has 0 radical (unpaired) electrons. The van der Waals surface area contributed by atoms with Gasteiger partial charge in [-0.1, -0.05) is 41.7 Å². The van der Waals surface area contributed by atoms with E-state index in [1.807, 2.05) is 30.3 Å². The number of hydrogen-bond donors (Lipinski definition) is 2. The Labute approximate surface area is 197 Å². The minimum absolute atomic E-state index is 0.0834. The molecule has 0 bridgehead atoms. The SMILES string of the molecule is CS[C@](N)(CO)c1nnc(-c2ccc(OCCCOCc3ccccc3)c(C(F)(F)F)c2)s1. The number of aromatic nitrogens is 2. The minimum atomic E-state index is -4.61. The molecule has 0 saturated heterocycles. The van der Waals surface area contributed by atoms with E-state index < -0.39 is 16.6 Å². The number of aliphatic hydroxyl groups excluding tert-OH is 1. The second kappa shape index (κ2) is 11.3. The van der Waals surface area contributed by atoms with Crippen molar-refractivity contribution >= 4 is 23.1 Å². The van der Waals surface area contributed by atoms with Crippen molar-refractivity contribution in [3.05, 3.63) is 64.7 Å². The summed E-state index contributed by atoms with van der Waals surface area (Å²) in [5.41, 5.74) is 6.44. The van der Waals surface area contributed by atoms with Crippen LogP contribution in [0.5, 0.6) is 5.75 Å². The third-order valence-electron chi connectivity index (χ3n) is 4.72. The number of halogens is 3. The summed E-state index contributed by atoms with van der Waals surface area (Å²) < 4.78 is 52.0. The zero-order valence-electron chi connectivity index (χ0n) is 17.8. The summed E-state index contributed by atoms with van der Waals surface area (Å²) in [5, 5.41) is 18.0. The Bertz CT molecular complexity index is 1030. The number of alkyl halides is 3. The number of nitrogens with two attached hydrogens (primary N) is 1. The number of hydrogen-bond acceptors (Lipinski definition) is 8. The molecule has 3 aromatic rings. The highest BCUT2D eigenvalue weighted by atomic mass is 32.2. The summed E-state index contributed by atoms with van der Waals surface area (Å²) in [7, 11) is 0. The van der Waals surface area contributed by atoms with Gasteiger partial charge in [-0.05, 0) is 30.0 Å². The van der Waals surface area contributed by atoms with Gasteiger partial charge < -0.3 is 20.3 Å². The fraction of sp³-hybridized carbons (Fsp3) is 0.364. The van der Waals surface area contributed by atoms with Gasteiger partial charge in [-0.15, -0.1) is 22.0 Å². The molecule has 6 nitrogen and oxygen atoms in total. The highest BCUT2D eigenvalue weighted by Gasteiger charge is 2.35. The molecule has 1 atom stereocenters. The first-order chi connectivity index (χ1) is 15.8. The number of ether oxygens (including phenoxy) is 2. The molecule has 0 aliphatic rings. The maximum Gasteiger partial charge on any atom is 0.419 e. The standard InChI is InChI=1S/C22H24F3N3O3S2/c1-32-21(26,14-29)20-28-27-19(33-20)16-8-9-18(17(12-16)22(23,24)25)31-11-5-10-30-13-15-6-3-2-4-7-15/h2-4,6-9,12,29H,5,10-11,13-14,26H2,1H3/t21-/m1/s1. The lowest BCUT2D eigenvalue weighted by Gasteiger charge is -2.20. The third kappa shape index (κ3) is 6.67. The van der Waals surface area contributed by atoms with Crippen molar-refractivity contribution < 1.29 is 27.8 Å². The van der Waals surface area contributed by atoms with E-state index in [2.05, 4.69) is 10.2 Å². The van der Waals surface area contributed by atoms with Crippen LogP contribution < -0.4 is 10.5 Å². The molecule has 11 heteroatoms. The molecule has 0 saturated carbocycles. The van der Waals surface area contributed by atoms with E-state index in [4.69, 9.17) is 15.2 Å². The van der Waals surface area contributed by atoms with Gasteiger partial charge in [-0.2, -0.15) is 13.2 Å². The Morgan fingerprint density at radius 1 is 1.09 bits per heavy atom. The Kier molecular flexibility index (Phi) is 8.71. The maximum absolute atomic E-state index is 13.7. The van der Waals surface area contributed by atoms with E-state index in [0.717, 1.165) is 23.0 Å². The average Bonchev–Trinajstić information content (AvgIpc) is 3.32. The molecule has 0 unspecified atom stereocenters. The maximum atomic E-state index is 13.7. The van der Waals surface area contributed by atoms with Crippen molar-refractivity contribution in [2.75, 3.05) is 26.1 Å². The molecule has 2 aromatic carbocycles. The van der Waals surface area contributed by atoms with Gasteiger partial charge in [0.2, 0.25) is 0 Å². The van der Waals surface area contributed by atoms with Gasteiger partial charge in [-0.25, -0.2) is 0 Å². The third-order valence-corrected chi connectivity index (χ3v) is 7.05. The van der Waals surface area contributed by atoms with E-state index in [1.54, 1.807) is 6.26 Å². The Morgan fingerprint density at radius 2 is 1.85 bits per heavy atom. The molecule has 178 valence electrons. The van der Waals surface area contributed by atoms with Gasteiger partial charge in [0.25, 0.3) is 0 Å². The lowest BCUT2D eigenvalue weighted by molar-refractivity contribution is -0.138.